The molecule has 0 aromatic heterocycles. The van der Waals surface area contributed by atoms with Gasteiger partial charge < -0.3 is 14.6 Å². The first-order valence-corrected chi connectivity index (χ1v) is 2.97. The van der Waals surface area contributed by atoms with Gasteiger partial charge in [0.2, 0.25) is 0 Å². The molecule has 0 bridgehead atoms. The number of methoxy groups -OCH3 is 1. The third-order valence-electron chi connectivity index (χ3n) is 0.730. The normalized spacial score (nSPS) is 10.1. The summed E-state index contributed by atoms with van der Waals surface area (Å²) in [7, 11) is 1.44. The lowest BCUT2D eigenvalue weighted by Crippen LogP contribution is -2.05. The average Bonchev–Trinajstić information content (AvgIpc) is 2.01. The fourth-order valence-corrected chi connectivity index (χ4v) is 0.325. The fraction of sp³-hybridized carbons (Fsp3) is 0.600. The Morgan fingerprint density at radius 3 is 2.50 bits per heavy atom. The Bertz CT molecular complexity index is 190. The summed E-state index contributed by atoms with van der Waals surface area (Å²) < 4.78 is 8.90. The van der Waals surface area contributed by atoms with E-state index in [1.807, 2.05) is 0 Å². The van der Waals surface area contributed by atoms with Crippen LogP contribution in [0.2, 0.25) is 0 Å². The maximum absolute atomic E-state index is 10.4. The van der Waals surface area contributed by atoms with Crippen molar-refractivity contribution in [2.45, 2.75) is 0 Å². The highest BCUT2D eigenvalue weighted by Crippen LogP contribution is 1.86. The first kappa shape index (κ1) is 10.5. The van der Waals surface area contributed by atoms with Crippen LogP contribution >= 0.6 is 0 Å². The second kappa shape index (κ2) is 6.23. The number of azo groups is 1. The zero-order chi connectivity index (χ0) is 9.40. The van der Waals surface area contributed by atoms with Gasteiger partial charge in [0, 0.05) is 7.11 Å². The van der Waals surface area contributed by atoms with Gasteiger partial charge in [-0.05, 0) is 0 Å². The van der Waals surface area contributed by atoms with E-state index in [9.17, 15) is 9.59 Å². The maximum atomic E-state index is 10.4. The molecule has 0 saturated heterocycles. The molecular formula is C5H8N2O5. The summed E-state index contributed by atoms with van der Waals surface area (Å²) in [5.41, 5.74) is 0. The van der Waals surface area contributed by atoms with Crippen molar-refractivity contribution in [2.24, 2.45) is 10.2 Å². The zero-order valence-electron chi connectivity index (χ0n) is 6.39. The molecule has 0 unspecified atom stereocenters. The minimum absolute atomic E-state index is 0.0218. The molecule has 68 valence electrons. The molecule has 0 rings (SSSR count). The van der Waals surface area contributed by atoms with E-state index >= 15 is 0 Å². The highest BCUT2D eigenvalue weighted by Gasteiger charge is 1.99. The van der Waals surface area contributed by atoms with Crippen LogP contribution in [0.25, 0.3) is 0 Å². The highest BCUT2D eigenvalue weighted by molar-refractivity contribution is 5.71. The number of nitrogens with zero attached hydrogens (tertiary/aromatic N) is 2. The van der Waals surface area contributed by atoms with Gasteiger partial charge in [0.1, 0.15) is 6.61 Å². The zero-order valence-corrected chi connectivity index (χ0v) is 6.39. The van der Waals surface area contributed by atoms with Gasteiger partial charge in [0.15, 0.2) is 0 Å². The number of rotatable bonds is 3. The molecule has 0 aliphatic carbocycles. The van der Waals surface area contributed by atoms with Crippen molar-refractivity contribution in [1.82, 2.24) is 0 Å². The first-order chi connectivity index (χ1) is 5.66. The molecule has 0 aromatic rings. The molecule has 0 radical (unpaired) electrons. The Labute approximate surface area is 68.0 Å². The SMILES string of the molecule is COCCOC(=O)N=NC(=O)O. The molecule has 12 heavy (non-hydrogen) atoms. The van der Waals surface area contributed by atoms with Crippen molar-refractivity contribution in [3.8, 4) is 0 Å². The summed E-state index contributed by atoms with van der Waals surface area (Å²) in [6.45, 7) is 0.252. The van der Waals surface area contributed by atoms with E-state index in [0.717, 1.165) is 0 Å². The molecule has 0 fully saturated rings. The molecule has 7 nitrogen and oxygen atoms in total. The van der Waals surface area contributed by atoms with Crippen LogP contribution in [0.5, 0.6) is 0 Å². The van der Waals surface area contributed by atoms with Crippen LogP contribution in [0.4, 0.5) is 9.59 Å². The number of amides is 2. The third kappa shape index (κ3) is 6.62. The van der Waals surface area contributed by atoms with Gasteiger partial charge in [0.05, 0.1) is 6.61 Å². The number of hydrogen-bond acceptors (Lipinski definition) is 4. The second-order valence-electron chi connectivity index (χ2n) is 1.59. The van der Waals surface area contributed by atoms with Crippen molar-refractivity contribution < 1.29 is 24.2 Å². The topological polar surface area (TPSA) is 97.5 Å². The molecule has 0 spiro atoms. The maximum Gasteiger partial charge on any atom is 0.452 e. The lowest BCUT2D eigenvalue weighted by atomic mass is 10.8. The van der Waals surface area contributed by atoms with Crippen LogP contribution in [-0.4, -0.2) is 37.6 Å². The van der Waals surface area contributed by atoms with E-state index in [4.69, 9.17) is 5.11 Å². The van der Waals surface area contributed by atoms with Gasteiger partial charge in [-0.3, -0.25) is 0 Å². The van der Waals surface area contributed by atoms with Crippen molar-refractivity contribution >= 4 is 12.2 Å². The van der Waals surface area contributed by atoms with Crippen LogP contribution < -0.4 is 0 Å². The summed E-state index contributed by atoms with van der Waals surface area (Å²) in [5.74, 6) is 0. The third-order valence-corrected chi connectivity index (χ3v) is 0.730. The quantitative estimate of drug-likeness (QED) is 0.508. The molecule has 0 heterocycles. The van der Waals surface area contributed by atoms with E-state index < -0.39 is 12.2 Å². The average molecular weight is 176 g/mol. The van der Waals surface area contributed by atoms with E-state index in [1.165, 1.54) is 7.11 Å². The Hall–Kier alpha value is -1.50. The number of hydrogen-bond donors (Lipinski definition) is 1. The molecule has 0 aliphatic heterocycles. The van der Waals surface area contributed by atoms with Gasteiger partial charge in [-0.1, -0.05) is 10.2 Å². The minimum Gasteiger partial charge on any atom is -0.462 e. The van der Waals surface area contributed by atoms with E-state index in [0.29, 0.717) is 0 Å². The highest BCUT2D eigenvalue weighted by atomic mass is 16.6. The van der Waals surface area contributed by atoms with Crippen molar-refractivity contribution in [2.75, 3.05) is 20.3 Å². The van der Waals surface area contributed by atoms with Crippen LogP contribution in [0, 0.1) is 0 Å². The number of ether oxygens (including phenoxy) is 2. The number of carbonyl (C=O) groups is 2. The van der Waals surface area contributed by atoms with Gasteiger partial charge in [0.25, 0.3) is 0 Å². The Morgan fingerprint density at radius 1 is 1.33 bits per heavy atom. The number of carboxylic acid groups (broad SMARTS) is 1. The number of carbonyl (C=O) groups excluding carboxylic acids is 1. The van der Waals surface area contributed by atoms with Crippen molar-refractivity contribution in [3.05, 3.63) is 0 Å². The minimum atomic E-state index is -1.54. The Kier molecular flexibility index (Phi) is 5.45. The van der Waals surface area contributed by atoms with E-state index in [2.05, 4.69) is 19.7 Å². The standard InChI is InChI=1S/C5H8N2O5/c1-11-2-3-12-5(10)7-6-4(8)9/h2-3H2,1H3,(H,8,9). The fourth-order valence-electron chi connectivity index (χ4n) is 0.325. The largest absolute Gasteiger partial charge is 0.462 e. The second-order valence-corrected chi connectivity index (χ2v) is 1.59. The summed E-state index contributed by atoms with van der Waals surface area (Å²) >= 11 is 0. The molecular weight excluding hydrogens is 168 g/mol. The van der Waals surface area contributed by atoms with Crippen LogP contribution in [0.15, 0.2) is 10.2 Å². The van der Waals surface area contributed by atoms with Gasteiger partial charge in [-0.15, -0.1) is 0 Å². The van der Waals surface area contributed by atoms with Gasteiger partial charge >= 0.3 is 12.2 Å². The Balaban J connectivity index is 3.53. The van der Waals surface area contributed by atoms with E-state index in [-0.39, 0.29) is 13.2 Å². The summed E-state index contributed by atoms with van der Waals surface area (Å²) in [4.78, 5) is 20.2. The van der Waals surface area contributed by atoms with Gasteiger partial charge in [-0.25, -0.2) is 9.59 Å². The van der Waals surface area contributed by atoms with Crippen LogP contribution in [0.3, 0.4) is 0 Å². The van der Waals surface area contributed by atoms with Crippen molar-refractivity contribution in [1.29, 1.82) is 0 Å². The first-order valence-electron chi connectivity index (χ1n) is 2.97. The predicted molar refractivity (Wildman–Crippen MR) is 36.1 cm³/mol. The predicted octanol–water partition coefficient (Wildman–Crippen LogP) is 0.900. The lowest BCUT2D eigenvalue weighted by molar-refractivity contribution is 0.103. The molecule has 2 amide bonds. The molecule has 0 atom stereocenters. The van der Waals surface area contributed by atoms with Gasteiger partial charge in [-0.2, -0.15) is 0 Å². The van der Waals surface area contributed by atoms with E-state index in [1.54, 1.807) is 0 Å². The Morgan fingerprint density at radius 2 is 2.00 bits per heavy atom. The molecule has 0 saturated carbocycles. The molecule has 7 heteroatoms. The monoisotopic (exact) mass is 176 g/mol. The summed E-state index contributed by atoms with van der Waals surface area (Å²) in [6.07, 6.45) is -2.59. The van der Waals surface area contributed by atoms with Crippen LogP contribution in [0.1, 0.15) is 0 Å². The van der Waals surface area contributed by atoms with Crippen LogP contribution in [-0.2, 0) is 9.47 Å². The van der Waals surface area contributed by atoms with Crippen molar-refractivity contribution in [3.63, 3.8) is 0 Å². The lowest BCUT2D eigenvalue weighted by Gasteiger charge is -1.97. The molecule has 1 N–H and O–H groups in total. The molecule has 0 aromatic carbocycles. The summed E-state index contributed by atoms with van der Waals surface area (Å²) in [5, 5.41) is 13.2. The molecule has 0 aliphatic rings. The summed E-state index contributed by atoms with van der Waals surface area (Å²) in [6, 6.07) is 0. The smallest absolute Gasteiger partial charge is 0.452 e.